The third-order valence-corrected chi connectivity index (χ3v) is 3.59. The monoisotopic (exact) mass is 252 g/mol. The predicted molar refractivity (Wildman–Crippen MR) is 76.6 cm³/mol. The fraction of sp³-hybridized carbons (Fsp3) is 0.235. The highest BCUT2D eigenvalue weighted by Gasteiger charge is 2.41. The molecule has 1 aliphatic rings. The Hall–Kier alpha value is -1.64. The zero-order chi connectivity index (χ0) is 13.3. The van der Waals surface area contributed by atoms with Crippen LogP contribution in [0.25, 0.3) is 0 Å². The molecule has 19 heavy (non-hydrogen) atoms. The maximum atomic E-state index is 9.87. The van der Waals surface area contributed by atoms with Gasteiger partial charge in [-0.2, -0.15) is 0 Å². The highest BCUT2D eigenvalue weighted by atomic mass is 16.3. The van der Waals surface area contributed by atoms with Crippen LogP contribution < -0.4 is 0 Å². The maximum Gasteiger partial charge on any atom is 0.0901 e. The quantitative estimate of drug-likeness (QED) is 0.907. The number of aliphatic hydroxyl groups is 1. The van der Waals surface area contributed by atoms with E-state index in [1.165, 1.54) is 11.1 Å². The average molecular weight is 252 g/mol. The lowest BCUT2D eigenvalue weighted by molar-refractivity contribution is -0.0772. The average Bonchev–Trinajstić information content (AvgIpc) is 2.39. The molecule has 1 aliphatic heterocycles. The van der Waals surface area contributed by atoms with E-state index in [1.54, 1.807) is 0 Å². The fourth-order valence-corrected chi connectivity index (χ4v) is 2.78. The van der Waals surface area contributed by atoms with Crippen LogP contribution in [0, 0.1) is 6.92 Å². The minimum atomic E-state index is -0.790. The molecule has 1 radical (unpaired) electrons. The molecule has 2 nitrogen and oxygen atoms in total. The van der Waals surface area contributed by atoms with E-state index in [0.717, 1.165) is 0 Å². The molecule has 0 bridgehead atoms. The Labute approximate surface area is 114 Å². The largest absolute Gasteiger partial charge is 0.387 e. The lowest BCUT2D eigenvalue weighted by Gasteiger charge is -2.48. The molecule has 1 N–H and O–H groups in total. The van der Waals surface area contributed by atoms with Crippen molar-refractivity contribution in [2.75, 3.05) is 13.1 Å². The van der Waals surface area contributed by atoms with Gasteiger partial charge in [0.1, 0.15) is 0 Å². The molecule has 0 aliphatic carbocycles. The van der Waals surface area contributed by atoms with E-state index >= 15 is 0 Å². The van der Waals surface area contributed by atoms with E-state index in [1.807, 2.05) is 12.1 Å². The maximum absolute atomic E-state index is 9.87. The van der Waals surface area contributed by atoms with E-state index in [4.69, 9.17) is 0 Å². The molecule has 1 fully saturated rings. The topological polar surface area (TPSA) is 23.5 Å². The van der Waals surface area contributed by atoms with Gasteiger partial charge < -0.3 is 5.11 Å². The highest BCUT2D eigenvalue weighted by molar-refractivity contribution is 5.33. The third kappa shape index (κ3) is 2.55. The minimum absolute atomic E-state index is 0.199. The third-order valence-electron chi connectivity index (χ3n) is 3.59. The van der Waals surface area contributed by atoms with E-state index in [9.17, 15) is 5.11 Å². The first-order valence-electron chi connectivity index (χ1n) is 6.57. The summed E-state index contributed by atoms with van der Waals surface area (Å²) in [5.74, 6) is 0. The standard InChI is InChI=1S/C17H18NO/c1-17(19)12-18(13-17)16(14-8-4-2-5-9-14)15-10-6-3-7-11-15/h2-11,16,19H,1,12-13H2. The van der Waals surface area contributed by atoms with Crippen LogP contribution in [0.2, 0.25) is 0 Å². The van der Waals surface area contributed by atoms with Crippen molar-refractivity contribution < 1.29 is 5.11 Å². The van der Waals surface area contributed by atoms with Crippen molar-refractivity contribution in [1.29, 1.82) is 0 Å². The molecule has 2 aromatic rings. The van der Waals surface area contributed by atoms with Crippen molar-refractivity contribution in [3.63, 3.8) is 0 Å². The first kappa shape index (κ1) is 12.4. The second-order valence-electron chi connectivity index (χ2n) is 5.35. The van der Waals surface area contributed by atoms with Crippen LogP contribution >= 0.6 is 0 Å². The molecule has 2 aromatic carbocycles. The Morgan fingerprint density at radius 3 is 1.68 bits per heavy atom. The number of likely N-dealkylation sites (tertiary alicyclic amines) is 1. The lowest BCUT2D eigenvalue weighted by Crippen LogP contribution is -2.60. The Morgan fingerprint density at radius 2 is 1.32 bits per heavy atom. The number of benzene rings is 2. The summed E-state index contributed by atoms with van der Waals surface area (Å²) in [5, 5.41) is 9.87. The Kier molecular flexibility index (Phi) is 3.13. The minimum Gasteiger partial charge on any atom is -0.387 e. The molecule has 0 atom stereocenters. The molecule has 0 amide bonds. The van der Waals surface area contributed by atoms with Crippen molar-refractivity contribution >= 4 is 0 Å². The zero-order valence-electron chi connectivity index (χ0n) is 10.9. The summed E-state index contributed by atoms with van der Waals surface area (Å²) < 4.78 is 0. The van der Waals surface area contributed by atoms with Gasteiger partial charge in [0.05, 0.1) is 11.6 Å². The van der Waals surface area contributed by atoms with E-state index < -0.39 is 5.60 Å². The second kappa shape index (κ2) is 4.80. The van der Waals surface area contributed by atoms with E-state index in [0.29, 0.717) is 13.1 Å². The van der Waals surface area contributed by atoms with E-state index in [2.05, 4.69) is 60.4 Å². The summed E-state index contributed by atoms with van der Waals surface area (Å²) in [4.78, 5) is 2.26. The molecule has 0 spiro atoms. The number of hydrogen-bond acceptors (Lipinski definition) is 2. The van der Waals surface area contributed by atoms with Crippen LogP contribution in [0.1, 0.15) is 17.2 Å². The first-order chi connectivity index (χ1) is 9.16. The van der Waals surface area contributed by atoms with Crippen molar-refractivity contribution in [1.82, 2.24) is 4.90 Å². The van der Waals surface area contributed by atoms with Crippen LogP contribution in [0.5, 0.6) is 0 Å². The van der Waals surface area contributed by atoms with Gasteiger partial charge >= 0.3 is 0 Å². The molecule has 0 aromatic heterocycles. The molecule has 3 rings (SSSR count). The molecular weight excluding hydrogens is 234 g/mol. The SMILES string of the molecule is [CH2]C1(O)CN(C(c2ccccc2)c2ccccc2)C1. The fourth-order valence-electron chi connectivity index (χ4n) is 2.78. The lowest BCUT2D eigenvalue weighted by atomic mass is 9.89. The van der Waals surface area contributed by atoms with Crippen LogP contribution in [-0.2, 0) is 0 Å². The highest BCUT2D eigenvalue weighted by Crippen LogP contribution is 2.35. The first-order valence-corrected chi connectivity index (χ1v) is 6.57. The van der Waals surface area contributed by atoms with Crippen LogP contribution in [0.4, 0.5) is 0 Å². The normalized spacial score (nSPS) is 18.3. The van der Waals surface area contributed by atoms with Crippen LogP contribution in [0.3, 0.4) is 0 Å². The molecule has 0 unspecified atom stereocenters. The van der Waals surface area contributed by atoms with Crippen molar-refractivity contribution in [2.24, 2.45) is 0 Å². The summed E-state index contributed by atoms with van der Waals surface area (Å²) in [5.41, 5.74) is 1.72. The van der Waals surface area contributed by atoms with Crippen molar-refractivity contribution in [3.05, 3.63) is 78.7 Å². The summed E-state index contributed by atoms with van der Waals surface area (Å²) >= 11 is 0. The Morgan fingerprint density at radius 1 is 0.895 bits per heavy atom. The van der Waals surface area contributed by atoms with Gasteiger partial charge in [-0.05, 0) is 18.1 Å². The van der Waals surface area contributed by atoms with Gasteiger partial charge in [-0.1, -0.05) is 60.7 Å². The molecular formula is C17H18NO. The van der Waals surface area contributed by atoms with Gasteiger partial charge in [0.15, 0.2) is 0 Å². The van der Waals surface area contributed by atoms with Gasteiger partial charge in [-0.3, -0.25) is 4.90 Å². The molecule has 1 saturated heterocycles. The zero-order valence-corrected chi connectivity index (χ0v) is 10.9. The number of β-amino-alcohol motifs (C(OH)–C–C–N with tert-alkyl or cyclic N) is 1. The molecule has 0 saturated carbocycles. The van der Waals surface area contributed by atoms with E-state index in [-0.39, 0.29) is 6.04 Å². The van der Waals surface area contributed by atoms with Crippen LogP contribution in [-0.4, -0.2) is 28.7 Å². The van der Waals surface area contributed by atoms with Gasteiger partial charge in [-0.25, -0.2) is 0 Å². The number of rotatable bonds is 3. The molecule has 1 heterocycles. The summed E-state index contributed by atoms with van der Waals surface area (Å²) in [7, 11) is 0. The Bertz CT molecular complexity index is 488. The van der Waals surface area contributed by atoms with Crippen molar-refractivity contribution in [3.8, 4) is 0 Å². The van der Waals surface area contributed by atoms with Gasteiger partial charge in [0.25, 0.3) is 0 Å². The summed E-state index contributed by atoms with van der Waals surface area (Å²) in [6.45, 7) is 5.03. The molecule has 2 heteroatoms. The van der Waals surface area contributed by atoms with Crippen molar-refractivity contribution in [2.45, 2.75) is 11.6 Å². The number of nitrogens with zero attached hydrogens (tertiary/aromatic N) is 1. The Balaban J connectivity index is 1.93. The van der Waals surface area contributed by atoms with Gasteiger partial charge in [0.2, 0.25) is 0 Å². The van der Waals surface area contributed by atoms with Crippen LogP contribution in [0.15, 0.2) is 60.7 Å². The summed E-state index contributed by atoms with van der Waals surface area (Å²) in [6.07, 6.45) is 0. The van der Waals surface area contributed by atoms with Gasteiger partial charge in [0, 0.05) is 13.1 Å². The predicted octanol–water partition coefficient (Wildman–Crippen LogP) is 2.66. The number of hydrogen-bond donors (Lipinski definition) is 1. The smallest absolute Gasteiger partial charge is 0.0901 e. The summed E-state index contributed by atoms with van der Waals surface area (Å²) in [6, 6.07) is 21.0. The second-order valence-corrected chi connectivity index (χ2v) is 5.35. The molecule has 97 valence electrons. The van der Waals surface area contributed by atoms with Gasteiger partial charge in [-0.15, -0.1) is 0 Å².